The molecule has 5 heteroatoms. The highest BCUT2D eigenvalue weighted by Crippen LogP contribution is 2.10. The van der Waals surface area contributed by atoms with E-state index < -0.39 is 0 Å². The molecule has 2 aromatic heterocycles. The van der Waals surface area contributed by atoms with Crippen LogP contribution in [0.15, 0.2) is 49.2 Å². The minimum absolute atomic E-state index is 0.688. The van der Waals surface area contributed by atoms with E-state index in [2.05, 4.69) is 46.5 Å². The van der Waals surface area contributed by atoms with Gasteiger partial charge in [0, 0.05) is 12.4 Å². The average molecular weight is 253 g/mol. The van der Waals surface area contributed by atoms with Gasteiger partial charge in [-0.3, -0.25) is 0 Å². The van der Waals surface area contributed by atoms with Crippen LogP contribution in [-0.2, 0) is 13.0 Å². The first-order valence-electron chi connectivity index (χ1n) is 6.31. The number of hydrogen-bond acceptors (Lipinski definition) is 3. The smallest absolute Gasteiger partial charge is 0.103 e. The molecule has 3 aromatic rings. The molecule has 0 aliphatic carbocycles. The molecular formula is C14H15N5. The van der Waals surface area contributed by atoms with Gasteiger partial charge < -0.3 is 4.57 Å². The topological polar surface area (TPSA) is 48.5 Å². The van der Waals surface area contributed by atoms with Crippen molar-refractivity contribution in [2.75, 3.05) is 0 Å². The molecule has 1 aromatic carbocycles. The van der Waals surface area contributed by atoms with E-state index in [0.717, 1.165) is 17.8 Å². The minimum atomic E-state index is 0.688. The van der Waals surface area contributed by atoms with Gasteiger partial charge in [0.15, 0.2) is 0 Å². The first kappa shape index (κ1) is 11.6. The third kappa shape index (κ3) is 2.54. The SMILES string of the molecule is CCc1ccc(-n2cc(Cn3ccnc3)nn2)cc1. The summed E-state index contributed by atoms with van der Waals surface area (Å²) in [5.74, 6) is 0. The lowest BCUT2D eigenvalue weighted by atomic mass is 10.1. The van der Waals surface area contributed by atoms with Crippen LogP contribution in [0.2, 0.25) is 0 Å². The molecule has 0 aliphatic rings. The van der Waals surface area contributed by atoms with Gasteiger partial charge in [0.05, 0.1) is 24.8 Å². The van der Waals surface area contributed by atoms with Crippen LogP contribution in [0, 0.1) is 0 Å². The van der Waals surface area contributed by atoms with Crippen molar-refractivity contribution in [1.29, 1.82) is 0 Å². The van der Waals surface area contributed by atoms with Crippen molar-refractivity contribution in [2.24, 2.45) is 0 Å². The number of nitrogens with zero attached hydrogens (tertiary/aromatic N) is 5. The zero-order valence-corrected chi connectivity index (χ0v) is 10.8. The van der Waals surface area contributed by atoms with Crippen LogP contribution in [0.4, 0.5) is 0 Å². The third-order valence-electron chi connectivity index (χ3n) is 3.05. The number of aromatic nitrogens is 5. The molecular weight excluding hydrogens is 238 g/mol. The van der Waals surface area contributed by atoms with Gasteiger partial charge in [0.2, 0.25) is 0 Å². The Morgan fingerprint density at radius 3 is 2.68 bits per heavy atom. The number of hydrogen-bond donors (Lipinski definition) is 0. The molecule has 3 rings (SSSR count). The molecule has 0 radical (unpaired) electrons. The third-order valence-corrected chi connectivity index (χ3v) is 3.05. The van der Waals surface area contributed by atoms with Crippen molar-refractivity contribution in [3.8, 4) is 5.69 Å². The molecule has 0 saturated carbocycles. The van der Waals surface area contributed by atoms with E-state index in [4.69, 9.17) is 0 Å². The zero-order chi connectivity index (χ0) is 13.1. The Morgan fingerprint density at radius 2 is 2.00 bits per heavy atom. The predicted molar refractivity (Wildman–Crippen MR) is 72.1 cm³/mol. The van der Waals surface area contributed by atoms with Crippen molar-refractivity contribution in [2.45, 2.75) is 19.9 Å². The van der Waals surface area contributed by atoms with E-state index in [1.165, 1.54) is 5.56 Å². The molecule has 0 saturated heterocycles. The molecule has 0 unspecified atom stereocenters. The van der Waals surface area contributed by atoms with E-state index in [0.29, 0.717) is 6.54 Å². The number of imidazole rings is 1. The Kier molecular flexibility index (Phi) is 3.10. The first-order valence-corrected chi connectivity index (χ1v) is 6.31. The molecule has 96 valence electrons. The predicted octanol–water partition coefficient (Wildman–Crippen LogP) is 2.07. The normalized spacial score (nSPS) is 10.8. The van der Waals surface area contributed by atoms with Gasteiger partial charge in [-0.15, -0.1) is 5.10 Å². The summed E-state index contributed by atoms with van der Waals surface area (Å²) in [4.78, 5) is 4.01. The van der Waals surface area contributed by atoms with Gasteiger partial charge in [-0.25, -0.2) is 9.67 Å². The van der Waals surface area contributed by atoms with E-state index in [9.17, 15) is 0 Å². The highest BCUT2D eigenvalue weighted by Gasteiger charge is 2.03. The summed E-state index contributed by atoms with van der Waals surface area (Å²) in [6.07, 6.45) is 8.43. The Labute approximate surface area is 111 Å². The standard InChI is InChI=1S/C14H15N5/c1-2-12-3-5-14(6-4-12)19-10-13(16-17-19)9-18-8-7-15-11-18/h3-8,10-11H,2,9H2,1H3. The summed E-state index contributed by atoms with van der Waals surface area (Å²) in [6, 6.07) is 8.36. The number of rotatable bonds is 4. The Morgan fingerprint density at radius 1 is 1.16 bits per heavy atom. The fraction of sp³-hybridized carbons (Fsp3) is 0.214. The molecule has 19 heavy (non-hydrogen) atoms. The fourth-order valence-corrected chi connectivity index (χ4v) is 1.95. The average Bonchev–Trinajstić information content (AvgIpc) is 3.11. The zero-order valence-electron chi connectivity index (χ0n) is 10.8. The Hall–Kier alpha value is -2.43. The number of benzene rings is 1. The summed E-state index contributed by atoms with van der Waals surface area (Å²) in [5.41, 5.74) is 3.27. The summed E-state index contributed by atoms with van der Waals surface area (Å²) >= 11 is 0. The lowest BCUT2D eigenvalue weighted by molar-refractivity contribution is 0.756. The molecule has 0 atom stereocenters. The highest BCUT2D eigenvalue weighted by atomic mass is 15.4. The van der Waals surface area contributed by atoms with Crippen molar-refractivity contribution in [1.82, 2.24) is 24.5 Å². The van der Waals surface area contributed by atoms with E-state index in [-0.39, 0.29) is 0 Å². The molecule has 0 N–H and O–H groups in total. The van der Waals surface area contributed by atoms with Gasteiger partial charge in [-0.1, -0.05) is 24.3 Å². The molecule has 0 spiro atoms. The molecule has 5 nitrogen and oxygen atoms in total. The van der Waals surface area contributed by atoms with Crippen LogP contribution < -0.4 is 0 Å². The van der Waals surface area contributed by atoms with Crippen LogP contribution in [0.5, 0.6) is 0 Å². The highest BCUT2D eigenvalue weighted by molar-refractivity contribution is 5.33. The van der Waals surface area contributed by atoms with Crippen LogP contribution >= 0.6 is 0 Å². The van der Waals surface area contributed by atoms with E-state index in [1.807, 2.05) is 17.0 Å². The van der Waals surface area contributed by atoms with Gasteiger partial charge in [0.25, 0.3) is 0 Å². The molecule has 0 bridgehead atoms. The lowest BCUT2D eigenvalue weighted by Gasteiger charge is -2.01. The summed E-state index contributed by atoms with van der Waals surface area (Å²) in [5, 5.41) is 8.33. The monoisotopic (exact) mass is 253 g/mol. The second kappa shape index (κ2) is 5.06. The van der Waals surface area contributed by atoms with E-state index in [1.54, 1.807) is 17.2 Å². The van der Waals surface area contributed by atoms with Crippen molar-refractivity contribution < 1.29 is 0 Å². The Bertz CT molecular complexity index is 637. The summed E-state index contributed by atoms with van der Waals surface area (Å²) < 4.78 is 3.76. The Balaban J connectivity index is 1.80. The minimum Gasteiger partial charge on any atom is -0.331 e. The van der Waals surface area contributed by atoms with Crippen molar-refractivity contribution in [3.63, 3.8) is 0 Å². The maximum absolute atomic E-state index is 4.17. The van der Waals surface area contributed by atoms with Crippen molar-refractivity contribution >= 4 is 0 Å². The first-order chi connectivity index (χ1) is 9.35. The van der Waals surface area contributed by atoms with Crippen LogP contribution in [0.25, 0.3) is 5.69 Å². The van der Waals surface area contributed by atoms with Gasteiger partial charge in [-0.05, 0) is 24.1 Å². The fourth-order valence-electron chi connectivity index (χ4n) is 1.95. The van der Waals surface area contributed by atoms with Crippen LogP contribution in [-0.4, -0.2) is 24.5 Å². The number of aryl methyl sites for hydroxylation is 1. The van der Waals surface area contributed by atoms with Gasteiger partial charge in [-0.2, -0.15) is 0 Å². The largest absolute Gasteiger partial charge is 0.331 e. The summed E-state index contributed by atoms with van der Waals surface area (Å²) in [7, 11) is 0. The van der Waals surface area contributed by atoms with Crippen LogP contribution in [0.1, 0.15) is 18.2 Å². The van der Waals surface area contributed by atoms with E-state index >= 15 is 0 Å². The second-order valence-electron chi connectivity index (χ2n) is 4.41. The van der Waals surface area contributed by atoms with Crippen LogP contribution in [0.3, 0.4) is 0 Å². The summed E-state index contributed by atoms with van der Waals surface area (Å²) in [6.45, 7) is 2.83. The van der Waals surface area contributed by atoms with Crippen molar-refractivity contribution in [3.05, 3.63) is 60.4 Å². The molecule has 0 fully saturated rings. The molecule has 0 aliphatic heterocycles. The molecule has 0 amide bonds. The molecule has 2 heterocycles. The second-order valence-corrected chi connectivity index (χ2v) is 4.41. The quantitative estimate of drug-likeness (QED) is 0.715. The maximum atomic E-state index is 4.17. The maximum Gasteiger partial charge on any atom is 0.103 e. The van der Waals surface area contributed by atoms with Gasteiger partial charge in [0.1, 0.15) is 5.69 Å². The lowest BCUT2D eigenvalue weighted by Crippen LogP contribution is -1.96. The van der Waals surface area contributed by atoms with Gasteiger partial charge >= 0.3 is 0 Å².